The lowest BCUT2D eigenvalue weighted by atomic mass is 9.72. The van der Waals surface area contributed by atoms with E-state index in [0.29, 0.717) is 10.9 Å². The Labute approximate surface area is 109 Å². The topological polar surface area (TPSA) is 38.5 Å². The maximum atomic E-state index is 6.04. The lowest BCUT2D eigenvalue weighted by molar-refractivity contribution is -0.101. The van der Waals surface area contributed by atoms with E-state index in [1.165, 1.54) is 12.3 Å². The molecule has 0 spiro atoms. The van der Waals surface area contributed by atoms with Gasteiger partial charge in [0.1, 0.15) is 0 Å². The summed E-state index contributed by atoms with van der Waals surface area (Å²) in [6.45, 7) is 10.7. The van der Waals surface area contributed by atoms with Gasteiger partial charge in [0.05, 0.1) is 6.10 Å². The Morgan fingerprint density at radius 2 is 2.12 bits per heavy atom. The van der Waals surface area contributed by atoms with Crippen molar-refractivity contribution in [2.45, 2.75) is 50.0 Å². The molecule has 2 rings (SSSR count). The highest BCUT2D eigenvalue weighted by atomic mass is 32.2. The van der Waals surface area contributed by atoms with Crippen molar-refractivity contribution in [2.75, 3.05) is 32.0 Å². The first kappa shape index (κ1) is 13.7. The average Bonchev–Trinajstić information content (AvgIpc) is 2.21. The maximum absolute atomic E-state index is 6.04. The van der Waals surface area contributed by atoms with E-state index >= 15 is 0 Å². The van der Waals surface area contributed by atoms with Crippen LogP contribution in [0, 0.1) is 0 Å². The lowest BCUT2D eigenvalue weighted by Crippen LogP contribution is -2.67. The van der Waals surface area contributed by atoms with E-state index < -0.39 is 0 Å². The summed E-state index contributed by atoms with van der Waals surface area (Å²) in [6, 6.07) is 0. The van der Waals surface area contributed by atoms with Crippen LogP contribution in [-0.2, 0) is 4.74 Å². The lowest BCUT2D eigenvalue weighted by Gasteiger charge is -2.56. The highest BCUT2D eigenvalue weighted by molar-refractivity contribution is 8.00. The second kappa shape index (κ2) is 5.08. The molecule has 0 aromatic heterocycles. The molecule has 2 N–H and O–H groups in total. The minimum atomic E-state index is 0.234. The summed E-state index contributed by atoms with van der Waals surface area (Å²) in [5, 5.41) is 0. The molecule has 0 radical (unpaired) electrons. The van der Waals surface area contributed by atoms with Crippen molar-refractivity contribution < 1.29 is 4.74 Å². The quantitative estimate of drug-likeness (QED) is 0.833. The molecular weight excluding hydrogens is 232 g/mol. The zero-order valence-corrected chi connectivity index (χ0v) is 12.2. The van der Waals surface area contributed by atoms with Gasteiger partial charge in [-0.2, -0.15) is 11.8 Å². The average molecular weight is 258 g/mol. The molecule has 0 atom stereocenters. The van der Waals surface area contributed by atoms with Crippen LogP contribution < -0.4 is 5.73 Å². The molecule has 0 bridgehead atoms. The fraction of sp³-hybridized carbons (Fsp3) is 1.00. The predicted octanol–water partition coefficient (Wildman–Crippen LogP) is 1.71. The Kier molecular flexibility index (Phi) is 4.08. The summed E-state index contributed by atoms with van der Waals surface area (Å²) in [4.78, 5) is 2.62. The summed E-state index contributed by atoms with van der Waals surface area (Å²) in [5.74, 6) is 1.23. The van der Waals surface area contributed by atoms with Crippen LogP contribution in [-0.4, -0.2) is 53.3 Å². The molecule has 100 valence electrons. The highest BCUT2D eigenvalue weighted by Crippen LogP contribution is 2.43. The molecule has 0 amide bonds. The van der Waals surface area contributed by atoms with Crippen LogP contribution in [0.15, 0.2) is 0 Å². The van der Waals surface area contributed by atoms with Crippen LogP contribution >= 0.6 is 11.8 Å². The molecule has 0 unspecified atom stereocenters. The largest absolute Gasteiger partial charge is 0.378 e. The van der Waals surface area contributed by atoms with Gasteiger partial charge in [-0.05, 0) is 33.6 Å². The van der Waals surface area contributed by atoms with Gasteiger partial charge in [-0.1, -0.05) is 0 Å². The van der Waals surface area contributed by atoms with Gasteiger partial charge in [-0.25, -0.2) is 0 Å². The molecule has 17 heavy (non-hydrogen) atoms. The third-order valence-electron chi connectivity index (χ3n) is 4.09. The highest BCUT2D eigenvalue weighted by Gasteiger charge is 2.49. The zero-order chi connectivity index (χ0) is 12.5. The van der Waals surface area contributed by atoms with E-state index in [1.54, 1.807) is 0 Å². The van der Waals surface area contributed by atoms with Gasteiger partial charge < -0.3 is 10.5 Å². The van der Waals surface area contributed by atoms with Crippen molar-refractivity contribution in [3.05, 3.63) is 0 Å². The molecule has 2 fully saturated rings. The Balaban J connectivity index is 1.95. The molecule has 0 aromatic carbocycles. The van der Waals surface area contributed by atoms with Crippen molar-refractivity contribution >= 4 is 11.8 Å². The number of ether oxygens (including phenoxy) is 1. The number of nitrogens with zero attached hydrogens (tertiary/aromatic N) is 1. The number of hydrogen-bond acceptors (Lipinski definition) is 4. The minimum Gasteiger partial charge on any atom is -0.378 e. The normalized spacial score (nSPS) is 37.8. The summed E-state index contributed by atoms with van der Waals surface area (Å²) < 4.78 is 6.06. The molecule has 2 aliphatic rings. The van der Waals surface area contributed by atoms with Crippen LogP contribution in [0.25, 0.3) is 0 Å². The second-order valence-corrected chi connectivity index (χ2v) is 7.75. The van der Waals surface area contributed by atoms with Crippen molar-refractivity contribution in [1.29, 1.82) is 0 Å². The Bertz CT molecular complexity index is 264. The third-order valence-corrected chi connectivity index (χ3v) is 5.39. The van der Waals surface area contributed by atoms with Crippen molar-refractivity contribution in [3.8, 4) is 0 Å². The third kappa shape index (κ3) is 2.80. The minimum absolute atomic E-state index is 0.234. The standard InChI is InChI=1S/C13H26N2OS/c1-4-16-11-7-13(8-11,9-14)15-5-6-17-12(2,3)10-15/h11H,4-10,14H2,1-3H3. The van der Waals surface area contributed by atoms with Crippen LogP contribution in [0.3, 0.4) is 0 Å². The molecule has 0 aromatic rings. The molecule has 4 heteroatoms. The molecular formula is C13H26N2OS. The van der Waals surface area contributed by atoms with Crippen LogP contribution in [0.4, 0.5) is 0 Å². The van der Waals surface area contributed by atoms with Crippen LogP contribution in [0.2, 0.25) is 0 Å². The number of hydrogen-bond donors (Lipinski definition) is 1. The van der Waals surface area contributed by atoms with E-state index in [9.17, 15) is 0 Å². The fourth-order valence-electron chi connectivity index (χ4n) is 3.12. The Morgan fingerprint density at radius 3 is 2.65 bits per heavy atom. The predicted molar refractivity (Wildman–Crippen MR) is 74.5 cm³/mol. The first-order chi connectivity index (χ1) is 8.01. The molecule has 3 nitrogen and oxygen atoms in total. The first-order valence-electron chi connectivity index (χ1n) is 6.72. The zero-order valence-electron chi connectivity index (χ0n) is 11.4. The van der Waals surface area contributed by atoms with E-state index in [0.717, 1.165) is 32.5 Å². The van der Waals surface area contributed by atoms with Gasteiger partial charge >= 0.3 is 0 Å². The number of thioether (sulfide) groups is 1. The van der Waals surface area contributed by atoms with E-state index in [-0.39, 0.29) is 5.54 Å². The number of rotatable bonds is 4. The first-order valence-corrected chi connectivity index (χ1v) is 7.70. The van der Waals surface area contributed by atoms with Gasteiger partial charge in [0.2, 0.25) is 0 Å². The summed E-state index contributed by atoms with van der Waals surface area (Å²) in [6.07, 6.45) is 2.69. The smallest absolute Gasteiger partial charge is 0.0611 e. The monoisotopic (exact) mass is 258 g/mol. The summed E-state index contributed by atoms with van der Waals surface area (Å²) in [5.41, 5.74) is 6.28. The summed E-state index contributed by atoms with van der Waals surface area (Å²) in [7, 11) is 0. The molecule has 1 saturated carbocycles. The van der Waals surface area contributed by atoms with Crippen LogP contribution in [0.5, 0.6) is 0 Å². The molecule has 1 heterocycles. The van der Waals surface area contributed by atoms with Gasteiger partial charge in [0.15, 0.2) is 0 Å². The Hall–Kier alpha value is 0.230. The van der Waals surface area contributed by atoms with E-state index in [2.05, 4.69) is 37.4 Å². The van der Waals surface area contributed by atoms with Gasteiger partial charge in [0, 0.05) is 42.3 Å². The van der Waals surface area contributed by atoms with Crippen LogP contribution in [0.1, 0.15) is 33.6 Å². The molecule has 1 saturated heterocycles. The van der Waals surface area contributed by atoms with Gasteiger partial charge in [-0.3, -0.25) is 4.90 Å². The van der Waals surface area contributed by atoms with Crippen molar-refractivity contribution in [2.24, 2.45) is 5.73 Å². The molecule has 1 aliphatic heterocycles. The van der Waals surface area contributed by atoms with E-state index in [4.69, 9.17) is 10.5 Å². The summed E-state index contributed by atoms with van der Waals surface area (Å²) >= 11 is 2.08. The van der Waals surface area contributed by atoms with Gasteiger partial charge in [0.25, 0.3) is 0 Å². The second-order valence-electron chi connectivity index (χ2n) is 5.94. The van der Waals surface area contributed by atoms with E-state index in [1.807, 2.05) is 0 Å². The van der Waals surface area contributed by atoms with Gasteiger partial charge in [-0.15, -0.1) is 0 Å². The SMILES string of the molecule is CCOC1CC(CN)(N2CCSC(C)(C)C2)C1. The number of nitrogens with two attached hydrogens (primary N) is 1. The van der Waals surface area contributed by atoms with Crippen molar-refractivity contribution in [3.63, 3.8) is 0 Å². The maximum Gasteiger partial charge on any atom is 0.0611 e. The Morgan fingerprint density at radius 1 is 1.41 bits per heavy atom. The fourth-order valence-corrected chi connectivity index (χ4v) is 4.23. The molecule has 1 aliphatic carbocycles. The van der Waals surface area contributed by atoms with Crippen molar-refractivity contribution in [1.82, 2.24) is 4.90 Å².